The predicted octanol–water partition coefficient (Wildman–Crippen LogP) is 1.61. The van der Waals surface area contributed by atoms with Crippen LogP contribution in [0.25, 0.3) is 0 Å². The van der Waals surface area contributed by atoms with Crippen molar-refractivity contribution < 1.29 is 19.5 Å². The minimum Gasteiger partial charge on any atom is -0.480 e. The molecule has 9 heteroatoms. The van der Waals surface area contributed by atoms with Gasteiger partial charge in [-0.05, 0) is 24.3 Å². The number of carboxylic acids is 1. The van der Waals surface area contributed by atoms with Gasteiger partial charge in [-0.25, -0.2) is 0 Å². The number of hydrogen-bond donors (Lipinski definition) is 2. The number of carbonyl (C=O) groups is 3. The fraction of sp³-hybridized carbons (Fsp3) is 0.250. The molecule has 130 valence electrons. The van der Waals surface area contributed by atoms with E-state index in [-0.39, 0.29) is 37.1 Å². The molecule has 1 atom stereocenters. The average molecular weight is 363 g/mol. The van der Waals surface area contributed by atoms with Crippen LogP contribution in [-0.2, 0) is 20.9 Å². The number of rotatable bonds is 5. The van der Waals surface area contributed by atoms with E-state index in [1.807, 2.05) is 0 Å². The molecular weight excluding hydrogens is 348 g/mol. The number of carbonyl (C=O) groups excluding carboxylic acids is 2. The molecule has 1 saturated heterocycles. The number of halogens is 1. The van der Waals surface area contributed by atoms with Crippen molar-refractivity contribution in [2.75, 3.05) is 16.8 Å². The molecule has 2 heterocycles. The van der Waals surface area contributed by atoms with E-state index in [9.17, 15) is 14.4 Å². The highest BCUT2D eigenvalue weighted by Crippen LogP contribution is 2.27. The van der Waals surface area contributed by atoms with Gasteiger partial charge < -0.3 is 15.3 Å². The van der Waals surface area contributed by atoms with Gasteiger partial charge in [0.15, 0.2) is 5.82 Å². The van der Waals surface area contributed by atoms with Crippen LogP contribution in [0.5, 0.6) is 0 Å². The molecule has 0 spiro atoms. The van der Waals surface area contributed by atoms with Gasteiger partial charge in [0.25, 0.3) is 0 Å². The van der Waals surface area contributed by atoms with Crippen LogP contribution < -0.4 is 10.2 Å². The SMILES string of the molecule is O=C(O)Cn1ccc(NC(=O)C2CC(=O)N(c3ccc(Cl)cc3)C2)n1. The van der Waals surface area contributed by atoms with Crippen molar-refractivity contribution in [3.8, 4) is 0 Å². The third kappa shape index (κ3) is 3.97. The van der Waals surface area contributed by atoms with E-state index < -0.39 is 11.9 Å². The first kappa shape index (κ1) is 17.0. The largest absolute Gasteiger partial charge is 0.480 e. The smallest absolute Gasteiger partial charge is 0.325 e. The summed E-state index contributed by atoms with van der Waals surface area (Å²) in [6, 6.07) is 8.34. The van der Waals surface area contributed by atoms with Crippen molar-refractivity contribution in [1.29, 1.82) is 0 Å². The van der Waals surface area contributed by atoms with Gasteiger partial charge in [-0.15, -0.1) is 0 Å². The van der Waals surface area contributed by atoms with Gasteiger partial charge in [-0.1, -0.05) is 11.6 Å². The highest BCUT2D eigenvalue weighted by atomic mass is 35.5. The maximum atomic E-state index is 12.3. The van der Waals surface area contributed by atoms with Gasteiger partial charge in [0.2, 0.25) is 11.8 Å². The van der Waals surface area contributed by atoms with Crippen molar-refractivity contribution in [3.63, 3.8) is 0 Å². The van der Waals surface area contributed by atoms with Gasteiger partial charge in [0.05, 0.1) is 5.92 Å². The zero-order valence-corrected chi connectivity index (χ0v) is 13.8. The van der Waals surface area contributed by atoms with Crippen LogP contribution in [0.2, 0.25) is 5.02 Å². The molecule has 1 aliphatic heterocycles. The standard InChI is InChI=1S/C16H15ClN4O4/c17-11-1-3-12(4-2-11)21-8-10(7-14(21)22)16(25)18-13-5-6-20(19-13)9-15(23)24/h1-6,10H,7-9H2,(H,23,24)(H,18,19,25). The number of aromatic nitrogens is 2. The first-order valence-corrected chi connectivity index (χ1v) is 7.92. The Morgan fingerprint density at radius 1 is 1.28 bits per heavy atom. The molecule has 0 saturated carbocycles. The maximum absolute atomic E-state index is 12.3. The lowest BCUT2D eigenvalue weighted by Gasteiger charge is -2.16. The third-order valence-electron chi connectivity index (χ3n) is 3.82. The Kier molecular flexibility index (Phi) is 4.71. The Morgan fingerprint density at radius 3 is 2.68 bits per heavy atom. The number of nitrogens with zero attached hydrogens (tertiary/aromatic N) is 3. The van der Waals surface area contributed by atoms with E-state index in [1.165, 1.54) is 16.9 Å². The average Bonchev–Trinajstić information content (AvgIpc) is 3.14. The second-order valence-electron chi connectivity index (χ2n) is 5.66. The zero-order valence-electron chi connectivity index (χ0n) is 13.1. The lowest BCUT2D eigenvalue weighted by molar-refractivity contribution is -0.137. The van der Waals surface area contributed by atoms with Crippen LogP contribution in [0.15, 0.2) is 36.5 Å². The summed E-state index contributed by atoms with van der Waals surface area (Å²) in [7, 11) is 0. The Balaban J connectivity index is 1.63. The summed E-state index contributed by atoms with van der Waals surface area (Å²) in [4.78, 5) is 36.7. The van der Waals surface area contributed by atoms with E-state index in [0.29, 0.717) is 10.7 Å². The molecule has 1 aromatic carbocycles. The highest BCUT2D eigenvalue weighted by molar-refractivity contribution is 6.30. The molecule has 1 aromatic heterocycles. The Morgan fingerprint density at radius 2 is 2.00 bits per heavy atom. The van der Waals surface area contributed by atoms with E-state index in [2.05, 4.69) is 10.4 Å². The summed E-state index contributed by atoms with van der Waals surface area (Å²) in [5.41, 5.74) is 0.690. The minimum absolute atomic E-state index is 0.101. The van der Waals surface area contributed by atoms with Crippen LogP contribution in [0, 0.1) is 5.92 Å². The van der Waals surface area contributed by atoms with E-state index >= 15 is 0 Å². The molecule has 2 aromatic rings. The zero-order chi connectivity index (χ0) is 18.0. The molecule has 25 heavy (non-hydrogen) atoms. The summed E-state index contributed by atoms with van der Waals surface area (Å²) in [5.74, 6) is -1.75. The lowest BCUT2D eigenvalue weighted by Crippen LogP contribution is -2.28. The van der Waals surface area contributed by atoms with Gasteiger partial charge in [-0.2, -0.15) is 5.10 Å². The fourth-order valence-electron chi connectivity index (χ4n) is 2.64. The lowest BCUT2D eigenvalue weighted by atomic mass is 10.1. The maximum Gasteiger partial charge on any atom is 0.325 e. The van der Waals surface area contributed by atoms with Crippen LogP contribution in [0.1, 0.15) is 6.42 Å². The van der Waals surface area contributed by atoms with E-state index in [4.69, 9.17) is 16.7 Å². The van der Waals surface area contributed by atoms with Gasteiger partial charge in [0.1, 0.15) is 6.54 Å². The highest BCUT2D eigenvalue weighted by Gasteiger charge is 2.35. The molecule has 0 bridgehead atoms. The molecule has 3 rings (SSSR count). The van der Waals surface area contributed by atoms with Crippen molar-refractivity contribution in [2.45, 2.75) is 13.0 Å². The van der Waals surface area contributed by atoms with Crippen LogP contribution >= 0.6 is 11.6 Å². The summed E-state index contributed by atoms with van der Waals surface area (Å²) in [6.07, 6.45) is 1.56. The van der Waals surface area contributed by atoms with E-state index in [0.717, 1.165) is 0 Å². The fourth-order valence-corrected chi connectivity index (χ4v) is 2.76. The summed E-state index contributed by atoms with van der Waals surface area (Å²) in [5, 5.41) is 15.9. The molecule has 2 N–H and O–H groups in total. The molecule has 1 unspecified atom stereocenters. The molecule has 8 nitrogen and oxygen atoms in total. The Bertz CT molecular complexity index is 818. The second-order valence-corrected chi connectivity index (χ2v) is 6.10. The second kappa shape index (κ2) is 6.94. The van der Waals surface area contributed by atoms with Crippen molar-refractivity contribution in [3.05, 3.63) is 41.6 Å². The molecule has 1 aliphatic rings. The first-order chi connectivity index (χ1) is 11.9. The summed E-state index contributed by atoms with van der Waals surface area (Å²) in [6.45, 7) is -0.0235. The molecule has 0 radical (unpaired) electrons. The van der Waals surface area contributed by atoms with Gasteiger partial charge in [-0.3, -0.25) is 19.1 Å². The minimum atomic E-state index is -1.03. The Labute approximate surface area is 148 Å². The quantitative estimate of drug-likeness (QED) is 0.840. The topological polar surface area (TPSA) is 105 Å². The van der Waals surface area contributed by atoms with Crippen LogP contribution in [-0.4, -0.2) is 39.2 Å². The third-order valence-corrected chi connectivity index (χ3v) is 4.08. The molecular formula is C16H15ClN4O4. The number of nitrogens with one attached hydrogen (secondary N) is 1. The molecule has 1 fully saturated rings. The van der Waals surface area contributed by atoms with E-state index in [1.54, 1.807) is 29.2 Å². The van der Waals surface area contributed by atoms with Crippen molar-refractivity contribution in [1.82, 2.24) is 9.78 Å². The molecule has 2 amide bonds. The Hall–Kier alpha value is -2.87. The summed E-state index contributed by atoms with van der Waals surface area (Å²) < 4.78 is 1.21. The van der Waals surface area contributed by atoms with Crippen LogP contribution in [0.3, 0.4) is 0 Å². The first-order valence-electron chi connectivity index (χ1n) is 7.54. The monoisotopic (exact) mass is 362 g/mol. The molecule has 0 aliphatic carbocycles. The number of amides is 2. The summed E-state index contributed by atoms with van der Waals surface area (Å²) >= 11 is 5.84. The number of benzene rings is 1. The van der Waals surface area contributed by atoms with Crippen molar-refractivity contribution in [2.24, 2.45) is 5.92 Å². The number of aliphatic carboxylic acids is 1. The van der Waals surface area contributed by atoms with Crippen molar-refractivity contribution >= 4 is 40.9 Å². The van der Waals surface area contributed by atoms with Gasteiger partial charge >= 0.3 is 5.97 Å². The number of anilines is 2. The predicted molar refractivity (Wildman–Crippen MR) is 90.4 cm³/mol. The number of carboxylic acid groups (broad SMARTS) is 1. The van der Waals surface area contributed by atoms with Gasteiger partial charge in [0, 0.05) is 35.9 Å². The van der Waals surface area contributed by atoms with Crippen LogP contribution in [0.4, 0.5) is 11.5 Å². The number of hydrogen-bond acceptors (Lipinski definition) is 4. The normalized spacial score (nSPS) is 16.9.